The molecular weight excluding hydrogens is 366 g/mol. The Morgan fingerprint density at radius 2 is 1.47 bits per heavy atom. The molecule has 0 unspecified atom stereocenters. The van der Waals surface area contributed by atoms with Gasteiger partial charge in [0.25, 0.3) is 0 Å². The molecule has 2 aliphatic rings. The number of pyridine rings is 2. The molecule has 0 saturated carbocycles. The van der Waals surface area contributed by atoms with Crippen LogP contribution in [-0.2, 0) is 16.2 Å². The predicted octanol–water partition coefficient (Wildman–Crippen LogP) is 7.41. The van der Waals surface area contributed by atoms with Gasteiger partial charge in [0, 0.05) is 39.2 Å². The highest BCUT2D eigenvalue weighted by molar-refractivity contribution is 6.05. The van der Waals surface area contributed by atoms with Crippen molar-refractivity contribution in [3.05, 3.63) is 62.6 Å². The molecule has 2 aromatic heterocycles. The fraction of sp³-hybridized carbons (Fsp3) is 0.536. The van der Waals surface area contributed by atoms with Gasteiger partial charge in [0.05, 0.1) is 5.52 Å². The Morgan fingerprint density at radius 3 is 2.07 bits per heavy atom. The normalized spacial score (nSPS) is 18.6. The van der Waals surface area contributed by atoms with Crippen LogP contribution in [0.3, 0.4) is 0 Å². The van der Waals surface area contributed by atoms with E-state index < -0.39 is 0 Å². The molecule has 0 N–H and O–H groups in total. The minimum atomic E-state index is -0.256. The van der Waals surface area contributed by atoms with Crippen molar-refractivity contribution in [3.8, 4) is 0 Å². The number of fused-ring (bicyclic) bond motifs is 2. The maximum atomic E-state index is 13.9. The zero-order chi connectivity index (χ0) is 22.8. The molecule has 0 saturated heterocycles. The van der Waals surface area contributed by atoms with Crippen LogP contribution in [-0.4, -0.2) is 4.40 Å². The third kappa shape index (κ3) is 2.72. The molecular formula is C28H39NO. The Hall–Kier alpha value is -2.09. The van der Waals surface area contributed by atoms with Gasteiger partial charge in [-0.05, 0) is 35.8 Å². The summed E-state index contributed by atoms with van der Waals surface area (Å²) < 4.78 is 2.36. The standard InChI is InChI=1S/C24H27NO.2C2H6/c1-13-10-14-8-9-25-19-16(14)15(11-13)24(6,7)17(19)20(26)18-21(25)23(4,5)12-22(18,2)3;2*1-2/h8-11H,12H2,1-7H3;2*1-2H3. The molecule has 5 rings (SSSR count). The molecule has 2 heteroatoms. The second-order valence-electron chi connectivity index (χ2n) is 10.3. The average Bonchev–Trinajstić information content (AvgIpc) is 3.03. The first-order valence-electron chi connectivity index (χ1n) is 11.6. The van der Waals surface area contributed by atoms with Gasteiger partial charge >= 0.3 is 0 Å². The number of benzene rings is 1. The monoisotopic (exact) mass is 405 g/mol. The van der Waals surface area contributed by atoms with E-state index in [9.17, 15) is 4.79 Å². The first-order chi connectivity index (χ1) is 14.0. The largest absolute Gasteiger partial charge is 0.319 e. The third-order valence-corrected chi connectivity index (χ3v) is 6.86. The van der Waals surface area contributed by atoms with Gasteiger partial charge in [-0.25, -0.2) is 0 Å². The van der Waals surface area contributed by atoms with Crippen LogP contribution in [0, 0.1) is 6.92 Å². The van der Waals surface area contributed by atoms with Gasteiger partial charge in [-0.1, -0.05) is 86.9 Å². The second-order valence-corrected chi connectivity index (χ2v) is 10.3. The van der Waals surface area contributed by atoms with E-state index >= 15 is 0 Å². The van der Waals surface area contributed by atoms with Gasteiger partial charge in [-0.15, -0.1) is 0 Å². The van der Waals surface area contributed by atoms with Crippen LogP contribution in [0.25, 0.3) is 16.3 Å². The van der Waals surface area contributed by atoms with Crippen LogP contribution in [0.15, 0.2) is 29.2 Å². The van der Waals surface area contributed by atoms with E-state index in [0.29, 0.717) is 0 Å². The van der Waals surface area contributed by atoms with E-state index in [1.165, 1.54) is 27.6 Å². The number of aromatic nitrogens is 1. The van der Waals surface area contributed by atoms with Gasteiger partial charge in [0.15, 0.2) is 5.43 Å². The van der Waals surface area contributed by atoms with Gasteiger partial charge < -0.3 is 4.40 Å². The minimum Gasteiger partial charge on any atom is -0.319 e. The van der Waals surface area contributed by atoms with Crippen molar-refractivity contribution in [1.82, 2.24) is 4.40 Å². The summed E-state index contributed by atoms with van der Waals surface area (Å²) in [5, 5.41) is 2.53. The highest BCUT2D eigenvalue weighted by atomic mass is 16.1. The zero-order valence-corrected chi connectivity index (χ0v) is 20.9. The molecule has 0 spiro atoms. The van der Waals surface area contributed by atoms with Crippen LogP contribution >= 0.6 is 0 Å². The highest BCUT2D eigenvalue weighted by Gasteiger charge is 2.49. The number of aryl methyl sites for hydroxylation is 1. The van der Waals surface area contributed by atoms with Gasteiger partial charge in [-0.2, -0.15) is 0 Å². The lowest BCUT2D eigenvalue weighted by atomic mass is 9.78. The molecule has 0 amide bonds. The molecule has 162 valence electrons. The third-order valence-electron chi connectivity index (χ3n) is 6.86. The van der Waals surface area contributed by atoms with Crippen LogP contribution in [0.4, 0.5) is 0 Å². The first kappa shape index (κ1) is 22.6. The fourth-order valence-electron chi connectivity index (χ4n) is 6.23. The molecule has 1 aromatic carbocycles. The van der Waals surface area contributed by atoms with Gasteiger partial charge in [0.1, 0.15) is 0 Å². The van der Waals surface area contributed by atoms with Crippen molar-refractivity contribution < 1.29 is 0 Å². The number of hydrogen-bond donors (Lipinski definition) is 0. The van der Waals surface area contributed by atoms with E-state index in [1.54, 1.807) is 0 Å². The summed E-state index contributed by atoms with van der Waals surface area (Å²) in [6.45, 7) is 23.6. The summed E-state index contributed by atoms with van der Waals surface area (Å²) in [6, 6.07) is 6.76. The molecule has 0 aliphatic heterocycles. The van der Waals surface area contributed by atoms with Crippen molar-refractivity contribution >= 4 is 16.3 Å². The highest BCUT2D eigenvalue weighted by Crippen LogP contribution is 2.52. The second kappa shape index (κ2) is 6.97. The Kier molecular flexibility index (Phi) is 5.25. The number of nitrogens with zero attached hydrogens (tertiary/aromatic N) is 1. The lowest BCUT2D eigenvalue weighted by molar-refractivity contribution is 0.397. The van der Waals surface area contributed by atoms with Crippen molar-refractivity contribution in [2.45, 2.75) is 98.8 Å². The predicted molar refractivity (Wildman–Crippen MR) is 131 cm³/mol. The maximum Gasteiger partial charge on any atom is 0.190 e. The molecule has 0 radical (unpaired) electrons. The maximum absolute atomic E-state index is 13.9. The average molecular weight is 406 g/mol. The first-order valence-corrected chi connectivity index (χ1v) is 11.6. The van der Waals surface area contributed by atoms with Crippen molar-refractivity contribution in [1.29, 1.82) is 0 Å². The topological polar surface area (TPSA) is 21.5 Å². The summed E-state index contributed by atoms with van der Waals surface area (Å²) in [5.41, 5.74) is 6.89. The van der Waals surface area contributed by atoms with Crippen LogP contribution < -0.4 is 5.43 Å². The van der Waals surface area contributed by atoms with Gasteiger partial charge in [-0.3, -0.25) is 4.79 Å². The van der Waals surface area contributed by atoms with E-state index in [2.05, 4.69) is 77.3 Å². The summed E-state index contributed by atoms with van der Waals surface area (Å²) in [6.07, 6.45) is 3.21. The summed E-state index contributed by atoms with van der Waals surface area (Å²) in [7, 11) is 0. The Morgan fingerprint density at radius 1 is 0.867 bits per heavy atom. The molecule has 2 heterocycles. The van der Waals surface area contributed by atoms with Crippen LogP contribution in [0.5, 0.6) is 0 Å². The van der Waals surface area contributed by atoms with E-state index in [0.717, 1.165) is 23.1 Å². The minimum absolute atomic E-state index is 0.00748. The van der Waals surface area contributed by atoms with Crippen LogP contribution in [0.2, 0.25) is 0 Å². The summed E-state index contributed by atoms with van der Waals surface area (Å²) >= 11 is 0. The summed E-state index contributed by atoms with van der Waals surface area (Å²) in [4.78, 5) is 13.9. The molecule has 2 nitrogen and oxygen atoms in total. The lowest BCUT2D eigenvalue weighted by Crippen LogP contribution is -2.32. The fourth-order valence-corrected chi connectivity index (χ4v) is 6.23. The lowest BCUT2D eigenvalue weighted by Gasteiger charge is -2.25. The van der Waals surface area contributed by atoms with Crippen molar-refractivity contribution in [2.75, 3.05) is 0 Å². The zero-order valence-electron chi connectivity index (χ0n) is 20.9. The Labute approximate surface area is 182 Å². The van der Waals surface area contributed by atoms with E-state index in [-0.39, 0.29) is 21.7 Å². The van der Waals surface area contributed by atoms with E-state index in [1.807, 2.05) is 27.7 Å². The van der Waals surface area contributed by atoms with Crippen molar-refractivity contribution in [3.63, 3.8) is 0 Å². The van der Waals surface area contributed by atoms with Gasteiger partial charge in [0.2, 0.25) is 0 Å². The molecule has 0 fully saturated rings. The molecule has 0 bridgehead atoms. The van der Waals surface area contributed by atoms with Crippen LogP contribution in [0.1, 0.15) is 104 Å². The molecule has 0 atom stereocenters. The summed E-state index contributed by atoms with van der Waals surface area (Å²) in [5.74, 6) is 0. The Balaban J connectivity index is 0.000000606. The quantitative estimate of drug-likeness (QED) is 0.357. The smallest absolute Gasteiger partial charge is 0.190 e. The number of rotatable bonds is 0. The van der Waals surface area contributed by atoms with Crippen molar-refractivity contribution in [2.24, 2.45) is 0 Å². The Bertz CT molecular complexity index is 1210. The number of hydrogen-bond acceptors (Lipinski definition) is 1. The SMILES string of the molecule is CC.CC.Cc1cc2c3c(ccn4c5c(c(=O)c(c34)C2(C)C)C(C)(C)CC5(C)C)c1. The molecule has 30 heavy (non-hydrogen) atoms. The molecule has 2 aliphatic carbocycles. The van der Waals surface area contributed by atoms with E-state index in [4.69, 9.17) is 0 Å². The molecule has 3 aromatic rings.